The fourth-order valence-electron chi connectivity index (χ4n) is 1.60. The Morgan fingerprint density at radius 2 is 2.12 bits per heavy atom. The maximum Gasteiger partial charge on any atom is 0.193 e. The predicted molar refractivity (Wildman–Crippen MR) is 64.1 cm³/mol. The smallest absolute Gasteiger partial charge is 0.193 e. The molecule has 4 heteroatoms. The Bertz CT molecular complexity index is 553. The molecular formula is C13H12N2O2. The number of methoxy groups -OCH3 is 1. The van der Waals surface area contributed by atoms with Crippen LogP contribution in [-0.4, -0.2) is 23.4 Å². The fraction of sp³-hybridized carbons (Fsp3) is 0.154. The molecule has 86 valence electrons. The lowest BCUT2D eigenvalue weighted by molar-refractivity contribution is 0.111. The zero-order chi connectivity index (χ0) is 12.3. The Balaban J connectivity index is 2.58. The van der Waals surface area contributed by atoms with Crippen molar-refractivity contribution in [1.82, 2.24) is 9.97 Å². The summed E-state index contributed by atoms with van der Waals surface area (Å²) in [4.78, 5) is 18.6. The lowest BCUT2D eigenvalue weighted by Crippen LogP contribution is -1.96. The second kappa shape index (κ2) is 4.74. The first-order chi connectivity index (χ1) is 8.24. The van der Waals surface area contributed by atoms with Crippen molar-refractivity contribution in [3.63, 3.8) is 0 Å². The Kier molecular flexibility index (Phi) is 3.14. The highest BCUT2D eigenvalue weighted by Gasteiger charge is 2.08. The van der Waals surface area contributed by atoms with Gasteiger partial charge < -0.3 is 4.74 Å². The van der Waals surface area contributed by atoms with Crippen LogP contribution in [-0.2, 0) is 0 Å². The van der Waals surface area contributed by atoms with Crippen LogP contribution in [0.25, 0.3) is 11.3 Å². The van der Waals surface area contributed by atoms with Gasteiger partial charge in [-0.3, -0.25) is 4.79 Å². The maximum atomic E-state index is 10.7. The number of carbonyl (C=O) groups excluding carboxylic acids is 1. The van der Waals surface area contributed by atoms with Gasteiger partial charge in [-0.1, -0.05) is 11.6 Å². The quantitative estimate of drug-likeness (QED) is 0.756. The summed E-state index contributed by atoms with van der Waals surface area (Å²) in [7, 11) is 1.61. The summed E-state index contributed by atoms with van der Waals surface area (Å²) in [5, 5.41) is 0. The molecule has 2 aromatic rings. The first-order valence-corrected chi connectivity index (χ1v) is 5.18. The number of aryl methyl sites for hydroxylation is 1. The van der Waals surface area contributed by atoms with Gasteiger partial charge in [0.1, 0.15) is 5.75 Å². The molecule has 0 radical (unpaired) electrons. The van der Waals surface area contributed by atoms with Crippen LogP contribution in [0, 0.1) is 6.92 Å². The van der Waals surface area contributed by atoms with E-state index in [1.165, 1.54) is 0 Å². The van der Waals surface area contributed by atoms with Crippen molar-refractivity contribution in [2.75, 3.05) is 7.11 Å². The number of nitrogens with zero attached hydrogens (tertiary/aromatic N) is 2. The molecule has 0 aliphatic heterocycles. The molecule has 1 aromatic heterocycles. The van der Waals surface area contributed by atoms with E-state index in [2.05, 4.69) is 9.97 Å². The Labute approximate surface area is 99.3 Å². The summed E-state index contributed by atoms with van der Waals surface area (Å²) < 4.78 is 5.28. The number of benzene rings is 1. The van der Waals surface area contributed by atoms with Gasteiger partial charge in [0.05, 0.1) is 12.8 Å². The number of hydrogen-bond donors (Lipinski definition) is 0. The van der Waals surface area contributed by atoms with E-state index in [1.807, 2.05) is 25.1 Å². The maximum absolute atomic E-state index is 10.7. The molecule has 0 aliphatic carbocycles. The Morgan fingerprint density at radius 3 is 2.82 bits per heavy atom. The van der Waals surface area contributed by atoms with Gasteiger partial charge >= 0.3 is 0 Å². The summed E-state index contributed by atoms with van der Waals surface area (Å²) >= 11 is 0. The van der Waals surface area contributed by atoms with Crippen molar-refractivity contribution in [3.8, 4) is 17.0 Å². The fourth-order valence-corrected chi connectivity index (χ4v) is 1.60. The van der Waals surface area contributed by atoms with Crippen LogP contribution < -0.4 is 4.74 Å². The van der Waals surface area contributed by atoms with Crippen LogP contribution in [0.4, 0.5) is 0 Å². The largest absolute Gasteiger partial charge is 0.496 e. The molecule has 0 fully saturated rings. The average molecular weight is 228 g/mol. The number of ether oxygens (including phenoxy) is 1. The highest BCUT2D eigenvalue weighted by atomic mass is 16.5. The van der Waals surface area contributed by atoms with Crippen LogP contribution in [0.3, 0.4) is 0 Å². The molecule has 2 rings (SSSR count). The molecule has 0 bridgehead atoms. The first-order valence-electron chi connectivity index (χ1n) is 5.18. The summed E-state index contributed by atoms with van der Waals surface area (Å²) in [6.45, 7) is 1.99. The summed E-state index contributed by atoms with van der Waals surface area (Å²) in [6.07, 6.45) is 2.19. The monoisotopic (exact) mass is 228 g/mol. The Hall–Kier alpha value is -2.23. The molecule has 0 saturated carbocycles. The molecule has 0 N–H and O–H groups in total. The molecule has 0 saturated heterocycles. The van der Waals surface area contributed by atoms with Crippen molar-refractivity contribution in [2.24, 2.45) is 0 Å². The van der Waals surface area contributed by atoms with E-state index in [9.17, 15) is 4.79 Å². The van der Waals surface area contributed by atoms with E-state index in [-0.39, 0.29) is 5.82 Å². The average Bonchev–Trinajstić information content (AvgIpc) is 2.39. The minimum Gasteiger partial charge on any atom is -0.496 e. The number of aromatic nitrogens is 2. The van der Waals surface area contributed by atoms with Gasteiger partial charge in [-0.05, 0) is 25.1 Å². The number of aldehydes is 1. The molecule has 1 aromatic carbocycles. The predicted octanol–water partition coefficient (Wildman–Crippen LogP) is 2.27. The second-order valence-electron chi connectivity index (χ2n) is 3.62. The third-order valence-corrected chi connectivity index (χ3v) is 2.41. The van der Waals surface area contributed by atoms with Crippen LogP contribution in [0.2, 0.25) is 0 Å². The van der Waals surface area contributed by atoms with Gasteiger partial charge in [0.15, 0.2) is 12.1 Å². The van der Waals surface area contributed by atoms with Crippen LogP contribution in [0.5, 0.6) is 5.75 Å². The van der Waals surface area contributed by atoms with Crippen LogP contribution in [0.1, 0.15) is 16.2 Å². The molecule has 0 aliphatic rings. The van der Waals surface area contributed by atoms with Crippen molar-refractivity contribution in [2.45, 2.75) is 6.92 Å². The highest BCUT2D eigenvalue weighted by Crippen LogP contribution is 2.29. The summed E-state index contributed by atoms with van der Waals surface area (Å²) in [5.41, 5.74) is 2.65. The van der Waals surface area contributed by atoms with E-state index >= 15 is 0 Å². The van der Waals surface area contributed by atoms with E-state index in [0.717, 1.165) is 16.9 Å². The molecule has 0 unspecified atom stereocenters. The minimum atomic E-state index is 0.172. The third kappa shape index (κ3) is 2.30. The number of rotatable bonds is 3. The summed E-state index contributed by atoms with van der Waals surface area (Å²) in [5.74, 6) is 0.900. The SMILES string of the molecule is COc1ccc(C)cc1-c1ccnc(C=O)n1. The van der Waals surface area contributed by atoms with Gasteiger partial charge in [0, 0.05) is 11.8 Å². The number of carbonyl (C=O) groups is 1. The van der Waals surface area contributed by atoms with E-state index in [0.29, 0.717) is 12.0 Å². The van der Waals surface area contributed by atoms with Crippen molar-refractivity contribution in [1.29, 1.82) is 0 Å². The summed E-state index contributed by atoms with van der Waals surface area (Å²) in [6, 6.07) is 7.57. The highest BCUT2D eigenvalue weighted by molar-refractivity contribution is 5.73. The van der Waals surface area contributed by atoms with E-state index in [1.54, 1.807) is 19.4 Å². The first kappa shape index (κ1) is 11.3. The molecule has 0 amide bonds. The Morgan fingerprint density at radius 1 is 1.29 bits per heavy atom. The molecule has 17 heavy (non-hydrogen) atoms. The zero-order valence-electron chi connectivity index (χ0n) is 9.68. The molecule has 0 spiro atoms. The standard InChI is InChI=1S/C13H12N2O2/c1-9-3-4-12(17-2)10(7-9)11-5-6-14-13(8-16)15-11/h3-8H,1-2H3. The second-order valence-corrected chi connectivity index (χ2v) is 3.62. The van der Waals surface area contributed by atoms with Gasteiger partial charge in [-0.15, -0.1) is 0 Å². The molecule has 0 atom stereocenters. The minimum absolute atomic E-state index is 0.172. The van der Waals surface area contributed by atoms with E-state index < -0.39 is 0 Å². The van der Waals surface area contributed by atoms with Gasteiger partial charge in [-0.2, -0.15) is 0 Å². The molecule has 1 heterocycles. The normalized spacial score (nSPS) is 10.0. The van der Waals surface area contributed by atoms with Crippen LogP contribution >= 0.6 is 0 Å². The zero-order valence-corrected chi connectivity index (χ0v) is 9.68. The van der Waals surface area contributed by atoms with Crippen molar-refractivity contribution < 1.29 is 9.53 Å². The van der Waals surface area contributed by atoms with E-state index in [4.69, 9.17) is 4.74 Å². The van der Waals surface area contributed by atoms with Gasteiger partial charge in [-0.25, -0.2) is 9.97 Å². The third-order valence-electron chi connectivity index (χ3n) is 2.41. The number of hydrogen-bond acceptors (Lipinski definition) is 4. The van der Waals surface area contributed by atoms with Crippen molar-refractivity contribution >= 4 is 6.29 Å². The lowest BCUT2D eigenvalue weighted by Gasteiger charge is -2.08. The van der Waals surface area contributed by atoms with Gasteiger partial charge in [0.2, 0.25) is 0 Å². The van der Waals surface area contributed by atoms with Crippen LogP contribution in [0.15, 0.2) is 30.5 Å². The molecule has 4 nitrogen and oxygen atoms in total. The molecular weight excluding hydrogens is 216 g/mol. The van der Waals surface area contributed by atoms with Gasteiger partial charge in [0.25, 0.3) is 0 Å². The van der Waals surface area contributed by atoms with Crippen molar-refractivity contribution in [3.05, 3.63) is 41.9 Å². The topological polar surface area (TPSA) is 52.1 Å². The lowest BCUT2D eigenvalue weighted by atomic mass is 10.1.